The number of rotatable bonds is 2. The van der Waals surface area contributed by atoms with Gasteiger partial charge in [0.05, 0.1) is 19.3 Å². The Balaban J connectivity index is 1.85. The van der Waals surface area contributed by atoms with Crippen molar-refractivity contribution in [2.75, 3.05) is 26.3 Å². The first-order valence-electron chi connectivity index (χ1n) is 4.78. The van der Waals surface area contributed by atoms with E-state index in [4.69, 9.17) is 4.74 Å². The van der Waals surface area contributed by atoms with Crippen LogP contribution in [0.2, 0.25) is 0 Å². The predicted molar refractivity (Wildman–Crippen MR) is 49.1 cm³/mol. The van der Waals surface area contributed by atoms with Crippen LogP contribution in [0, 0.1) is 5.92 Å². The van der Waals surface area contributed by atoms with Crippen LogP contribution in [0.25, 0.3) is 0 Å². The van der Waals surface area contributed by atoms with Gasteiger partial charge >= 0.3 is 0 Å². The number of hydrogen-bond acceptors (Lipinski definition) is 2. The highest BCUT2D eigenvalue weighted by atomic mass is 16.5. The van der Waals surface area contributed by atoms with Crippen molar-refractivity contribution in [1.29, 1.82) is 0 Å². The van der Waals surface area contributed by atoms with Gasteiger partial charge in [-0.1, -0.05) is 25.5 Å². The van der Waals surface area contributed by atoms with Crippen molar-refractivity contribution in [3.8, 4) is 0 Å². The zero-order valence-electron chi connectivity index (χ0n) is 7.92. The lowest BCUT2D eigenvalue weighted by atomic mass is 10.0. The molecule has 12 heavy (non-hydrogen) atoms. The van der Waals surface area contributed by atoms with Crippen molar-refractivity contribution in [3.05, 3.63) is 11.6 Å². The molecule has 0 unspecified atom stereocenters. The van der Waals surface area contributed by atoms with Gasteiger partial charge in [-0.3, -0.25) is 4.90 Å². The molecular weight excluding hydrogens is 150 g/mol. The lowest BCUT2D eigenvalue weighted by Crippen LogP contribution is -2.48. The minimum atomic E-state index is 0.706. The lowest BCUT2D eigenvalue weighted by Gasteiger charge is -2.34. The fraction of sp³-hybridized carbons (Fsp3) is 0.800. The van der Waals surface area contributed by atoms with E-state index in [9.17, 15) is 0 Å². The summed E-state index contributed by atoms with van der Waals surface area (Å²) >= 11 is 0. The summed E-state index contributed by atoms with van der Waals surface area (Å²) in [6.45, 7) is 8.74. The van der Waals surface area contributed by atoms with Gasteiger partial charge in [0.1, 0.15) is 0 Å². The molecule has 0 aromatic heterocycles. The van der Waals surface area contributed by atoms with E-state index in [0.717, 1.165) is 25.7 Å². The molecule has 0 saturated carbocycles. The van der Waals surface area contributed by atoms with E-state index >= 15 is 0 Å². The summed E-state index contributed by atoms with van der Waals surface area (Å²) in [6.07, 6.45) is 2.38. The molecule has 2 heterocycles. The van der Waals surface area contributed by atoms with Crippen LogP contribution >= 0.6 is 0 Å². The van der Waals surface area contributed by atoms with Crippen molar-refractivity contribution in [2.45, 2.75) is 19.9 Å². The third kappa shape index (κ3) is 1.41. The molecule has 68 valence electrons. The van der Waals surface area contributed by atoms with Crippen LogP contribution in [0.15, 0.2) is 11.6 Å². The Morgan fingerprint density at radius 1 is 1.50 bits per heavy atom. The Kier molecular flexibility index (Phi) is 2.20. The molecule has 2 heteroatoms. The summed E-state index contributed by atoms with van der Waals surface area (Å²) in [5, 5.41) is 0. The zero-order chi connectivity index (χ0) is 8.55. The lowest BCUT2D eigenvalue weighted by molar-refractivity contribution is -0.0558. The summed E-state index contributed by atoms with van der Waals surface area (Å²) in [5.74, 6) is 0.719. The van der Waals surface area contributed by atoms with E-state index in [1.807, 2.05) is 0 Å². The second kappa shape index (κ2) is 3.19. The number of nitrogens with zero attached hydrogens (tertiary/aromatic N) is 1. The highest BCUT2D eigenvalue weighted by Crippen LogP contribution is 2.21. The predicted octanol–water partition coefficient (Wildman–Crippen LogP) is 1.28. The highest BCUT2D eigenvalue weighted by molar-refractivity contribution is 5.14. The quantitative estimate of drug-likeness (QED) is 0.574. The molecule has 0 N–H and O–H groups in total. The maximum Gasteiger partial charge on any atom is 0.0645 e. The van der Waals surface area contributed by atoms with E-state index in [1.54, 1.807) is 5.57 Å². The van der Waals surface area contributed by atoms with Crippen molar-refractivity contribution in [1.82, 2.24) is 4.90 Å². The van der Waals surface area contributed by atoms with Crippen LogP contribution in [-0.4, -0.2) is 37.2 Å². The summed E-state index contributed by atoms with van der Waals surface area (Å²) in [4.78, 5) is 2.51. The van der Waals surface area contributed by atoms with Crippen LogP contribution in [0.3, 0.4) is 0 Å². The minimum Gasteiger partial charge on any atom is -0.378 e. The van der Waals surface area contributed by atoms with E-state index in [-0.39, 0.29) is 0 Å². The second-order valence-electron chi connectivity index (χ2n) is 4.05. The first-order valence-corrected chi connectivity index (χ1v) is 4.78. The van der Waals surface area contributed by atoms with Gasteiger partial charge in [-0.2, -0.15) is 0 Å². The third-order valence-electron chi connectivity index (χ3n) is 2.85. The van der Waals surface area contributed by atoms with Crippen LogP contribution in [0.1, 0.15) is 13.8 Å². The first-order chi connectivity index (χ1) is 5.77. The summed E-state index contributed by atoms with van der Waals surface area (Å²) in [7, 11) is 0. The van der Waals surface area contributed by atoms with Crippen molar-refractivity contribution in [2.24, 2.45) is 5.92 Å². The summed E-state index contributed by atoms with van der Waals surface area (Å²) in [5.41, 5.74) is 1.60. The number of hydrogen-bond donors (Lipinski definition) is 0. The average Bonchev–Trinajstić information content (AvgIpc) is 2.32. The molecule has 2 aliphatic heterocycles. The maximum absolute atomic E-state index is 5.18. The SMILES string of the molecule is CC(C)C1=CCN(C2COC2)C1. The van der Waals surface area contributed by atoms with Gasteiger partial charge < -0.3 is 4.74 Å². The summed E-state index contributed by atoms with van der Waals surface area (Å²) < 4.78 is 5.18. The zero-order valence-corrected chi connectivity index (χ0v) is 7.92. The van der Waals surface area contributed by atoms with Crippen LogP contribution in [0.4, 0.5) is 0 Å². The molecule has 0 bridgehead atoms. The smallest absolute Gasteiger partial charge is 0.0645 e. The molecule has 0 spiro atoms. The largest absolute Gasteiger partial charge is 0.378 e. The van der Waals surface area contributed by atoms with E-state index in [0.29, 0.717) is 6.04 Å². The van der Waals surface area contributed by atoms with Gasteiger partial charge in [0, 0.05) is 13.1 Å². The minimum absolute atomic E-state index is 0.706. The molecule has 0 aromatic rings. The van der Waals surface area contributed by atoms with E-state index in [2.05, 4.69) is 24.8 Å². The van der Waals surface area contributed by atoms with Crippen molar-refractivity contribution in [3.63, 3.8) is 0 Å². The second-order valence-corrected chi connectivity index (χ2v) is 4.05. The number of ether oxygens (including phenoxy) is 1. The Hall–Kier alpha value is -0.340. The highest BCUT2D eigenvalue weighted by Gasteiger charge is 2.28. The van der Waals surface area contributed by atoms with Crippen LogP contribution < -0.4 is 0 Å². The van der Waals surface area contributed by atoms with Gasteiger partial charge in [-0.05, 0) is 5.92 Å². The molecule has 0 amide bonds. The molecule has 0 aliphatic carbocycles. The molecule has 2 nitrogen and oxygen atoms in total. The molecular formula is C10H17NO. The molecule has 2 rings (SSSR count). The van der Waals surface area contributed by atoms with Gasteiger partial charge in [0.2, 0.25) is 0 Å². The van der Waals surface area contributed by atoms with Gasteiger partial charge in [0.15, 0.2) is 0 Å². The third-order valence-corrected chi connectivity index (χ3v) is 2.85. The molecule has 1 saturated heterocycles. The fourth-order valence-electron chi connectivity index (χ4n) is 1.73. The molecule has 0 atom stereocenters. The van der Waals surface area contributed by atoms with Crippen LogP contribution in [-0.2, 0) is 4.74 Å². The Morgan fingerprint density at radius 2 is 2.25 bits per heavy atom. The molecule has 0 radical (unpaired) electrons. The van der Waals surface area contributed by atoms with Gasteiger partial charge in [0.25, 0.3) is 0 Å². The van der Waals surface area contributed by atoms with Crippen molar-refractivity contribution < 1.29 is 4.74 Å². The monoisotopic (exact) mass is 167 g/mol. The van der Waals surface area contributed by atoms with Gasteiger partial charge in [-0.15, -0.1) is 0 Å². The fourth-order valence-corrected chi connectivity index (χ4v) is 1.73. The molecule has 1 fully saturated rings. The van der Waals surface area contributed by atoms with Crippen molar-refractivity contribution >= 4 is 0 Å². The van der Waals surface area contributed by atoms with Gasteiger partial charge in [-0.25, -0.2) is 0 Å². The first kappa shape index (κ1) is 8.27. The maximum atomic E-state index is 5.18. The Bertz CT molecular complexity index is 194. The normalized spacial score (nSPS) is 26.1. The Labute approximate surface area is 74.2 Å². The van der Waals surface area contributed by atoms with E-state index in [1.165, 1.54) is 6.54 Å². The molecule has 0 aromatic carbocycles. The van der Waals surface area contributed by atoms with E-state index < -0.39 is 0 Å². The Morgan fingerprint density at radius 3 is 2.67 bits per heavy atom. The molecule has 2 aliphatic rings. The van der Waals surface area contributed by atoms with Crippen LogP contribution in [0.5, 0.6) is 0 Å². The topological polar surface area (TPSA) is 12.5 Å². The summed E-state index contributed by atoms with van der Waals surface area (Å²) in [6, 6.07) is 0.706. The standard InChI is InChI=1S/C10H17NO/c1-8(2)9-3-4-11(5-9)10-6-12-7-10/h3,8,10H,4-7H2,1-2H3. The average molecular weight is 167 g/mol.